The zero-order valence-corrected chi connectivity index (χ0v) is 18.9. The van der Waals surface area contributed by atoms with Crippen LogP contribution in [0.2, 0.25) is 0 Å². The number of carbonyl (C=O) groups excluding carboxylic acids is 1. The number of amides is 1. The van der Waals surface area contributed by atoms with Crippen LogP contribution in [0.25, 0.3) is 0 Å². The minimum atomic E-state index is -0.485. The Kier molecular flexibility index (Phi) is 5.78. The first-order valence-electron chi connectivity index (χ1n) is 11.0. The highest BCUT2D eigenvalue weighted by molar-refractivity contribution is 6.06. The van der Waals surface area contributed by atoms with Gasteiger partial charge in [-0.05, 0) is 59.7 Å². The van der Waals surface area contributed by atoms with E-state index >= 15 is 0 Å². The van der Waals surface area contributed by atoms with E-state index in [2.05, 4.69) is 57.3 Å². The van der Waals surface area contributed by atoms with Gasteiger partial charge in [-0.1, -0.05) is 65.3 Å². The predicted octanol–water partition coefficient (Wildman–Crippen LogP) is 4.49. The van der Waals surface area contributed by atoms with Crippen molar-refractivity contribution >= 4 is 17.5 Å². The SMILES string of the molecule is CC1=C(C(=O)Nc2ccccc2)[C@@H](c2ccc(OCc3ccc(C)cc3)cc2)n2nnnc2N1. The number of aromatic nitrogens is 4. The number of nitrogens with zero attached hydrogens (tertiary/aromatic N) is 4. The third kappa shape index (κ3) is 4.38. The van der Waals surface area contributed by atoms with Crippen LogP contribution >= 0.6 is 0 Å². The lowest BCUT2D eigenvalue weighted by atomic mass is 9.95. The summed E-state index contributed by atoms with van der Waals surface area (Å²) in [7, 11) is 0. The van der Waals surface area contributed by atoms with Gasteiger partial charge >= 0.3 is 0 Å². The molecule has 8 nitrogen and oxygen atoms in total. The van der Waals surface area contributed by atoms with Gasteiger partial charge in [0.15, 0.2) is 0 Å². The lowest BCUT2D eigenvalue weighted by Gasteiger charge is -2.28. The van der Waals surface area contributed by atoms with Gasteiger partial charge in [-0.25, -0.2) is 0 Å². The molecule has 0 saturated carbocycles. The summed E-state index contributed by atoms with van der Waals surface area (Å²) in [5.41, 5.74) is 5.14. The maximum Gasteiger partial charge on any atom is 0.255 e. The summed E-state index contributed by atoms with van der Waals surface area (Å²) in [4.78, 5) is 13.3. The number of hydrogen-bond donors (Lipinski definition) is 2. The molecule has 8 heteroatoms. The molecule has 2 N–H and O–H groups in total. The van der Waals surface area contributed by atoms with E-state index in [0.29, 0.717) is 29.5 Å². The number of nitrogens with one attached hydrogen (secondary N) is 2. The van der Waals surface area contributed by atoms with E-state index in [0.717, 1.165) is 16.9 Å². The molecular weight excluding hydrogens is 428 g/mol. The van der Waals surface area contributed by atoms with Crippen molar-refractivity contribution in [3.63, 3.8) is 0 Å². The molecule has 0 spiro atoms. The predicted molar refractivity (Wildman–Crippen MR) is 129 cm³/mol. The minimum Gasteiger partial charge on any atom is -0.489 e. The second-order valence-electron chi connectivity index (χ2n) is 8.18. The number of rotatable bonds is 6. The fraction of sp³-hybridized carbons (Fsp3) is 0.154. The number of hydrogen-bond acceptors (Lipinski definition) is 6. The first-order chi connectivity index (χ1) is 16.6. The molecule has 0 saturated heterocycles. The molecule has 1 aromatic heterocycles. The highest BCUT2D eigenvalue weighted by atomic mass is 16.5. The molecule has 1 aliphatic rings. The molecule has 1 amide bonds. The van der Waals surface area contributed by atoms with Gasteiger partial charge in [0.05, 0.1) is 5.57 Å². The van der Waals surface area contributed by atoms with Crippen LogP contribution in [-0.2, 0) is 11.4 Å². The Hall–Kier alpha value is -4.46. The summed E-state index contributed by atoms with van der Waals surface area (Å²) < 4.78 is 7.57. The zero-order chi connectivity index (χ0) is 23.5. The van der Waals surface area contributed by atoms with Gasteiger partial charge in [0.2, 0.25) is 5.95 Å². The molecular formula is C26H24N6O2. The van der Waals surface area contributed by atoms with Crippen LogP contribution < -0.4 is 15.4 Å². The second kappa shape index (κ2) is 9.19. The normalized spacial score (nSPS) is 14.8. The second-order valence-corrected chi connectivity index (χ2v) is 8.18. The van der Waals surface area contributed by atoms with E-state index in [1.165, 1.54) is 5.56 Å². The van der Waals surface area contributed by atoms with Gasteiger partial charge in [0, 0.05) is 11.4 Å². The average Bonchev–Trinajstić information content (AvgIpc) is 3.32. The third-order valence-corrected chi connectivity index (χ3v) is 5.71. The van der Waals surface area contributed by atoms with E-state index in [1.807, 2.05) is 61.5 Å². The summed E-state index contributed by atoms with van der Waals surface area (Å²) in [5.74, 6) is 1.01. The van der Waals surface area contributed by atoms with Gasteiger partial charge in [0.1, 0.15) is 18.4 Å². The summed E-state index contributed by atoms with van der Waals surface area (Å²) in [6.07, 6.45) is 0. The number of carbonyl (C=O) groups is 1. The number of fused-ring (bicyclic) bond motifs is 1. The smallest absolute Gasteiger partial charge is 0.255 e. The number of benzene rings is 3. The summed E-state index contributed by atoms with van der Waals surface area (Å²) in [6, 6.07) is 24.8. The summed E-state index contributed by atoms with van der Waals surface area (Å²) >= 11 is 0. The molecule has 0 radical (unpaired) electrons. The first kappa shape index (κ1) is 21.4. The Morgan fingerprint density at radius 1 is 1.00 bits per heavy atom. The number of allylic oxidation sites excluding steroid dienone is 1. The highest BCUT2D eigenvalue weighted by Crippen LogP contribution is 2.35. The Bertz CT molecular complexity index is 1330. The van der Waals surface area contributed by atoms with Crippen LogP contribution in [0.4, 0.5) is 11.6 Å². The van der Waals surface area contributed by atoms with Crippen molar-refractivity contribution < 1.29 is 9.53 Å². The quantitative estimate of drug-likeness (QED) is 0.448. The van der Waals surface area contributed by atoms with Crippen molar-refractivity contribution in [3.05, 3.63) is 107 Å². The van der Waals surface area contributed by atoms with Crippen LogP contribution in [-0.4, -0.2) is 26.1 Å². The van der Waals surface area contributed by atoms with Crippen LogP contribution in [0.15, 0.2) is 90.1 Å². The molecule has 170 valence electrons. The van der Waals surface area contributed by atoms with Crippen LogP contribution in [0.5, 0.6) is 5.75 Å². The standard InChI is InChI=1S/C26H24N6O2/c1-17-8-10-19(11-9-17)16-34-22-14-12-20(13-15-22)24-23(18(2)27-26-29-30-31-32(24)26)25(33)28-21-6-4-3-5-7-21/h3-15,24H,16H2,1-2H3,(H,28,33)(H,27,29,31)/t24-/m1/s1. The highest BCUT2D eigenvalue weighted by Gasteiger charge is 2.34. The van der Waals surface area contributed by atoms with Gasteiger partial charge < -0.3 is 15.4 Å². The van der Waals surface area contributed by atoms with Crippen LogP contribution in [0.3, 0.4) is 0 Å². The van der Waals surface area contributed by atoms with Crippen molar-refractivity contribution in [2.45, 2.75) is 26.5 Å². The van der Waals surface area contributed by atoms with Crippen molar-refractivity contribution in [1.82, 2.24) is 20.2 Å². The number of tetrazole rings is 1. The van der Waals surface area contributed by atoms with Crippen molar-refractivity contribution in [3.8, 4) is 5.75 Å². The Morgan fingerprint density at radius 2 is 1.74 bits per heavy atom. The maximum atomic E-state index is 13.3. The fourth-order valence-corrected chi connectivity index (χ4v) is 3.93. The Labute approximate surface area is 197 Å². The first-order valence-corrected chi connectivity index (χ1v) is 11.0. The number of aryl methyl sites for hydroxylation is 1. The van der Waals surface area contributed by atoms with Crippen molar-refractivity contribution in [2.24, 2.45) is 0 Å². The molecule has 1 atom stereocenters. The average molecular weight is 453 g/mol. The maximum absolute atomic E-state index is 13.3. The number of para-hydroxylation sites is 1. The molecule has 0 aliphatic carbocycles. The Balaban J connectivity index is 1.40. The van der Waals surface area contributed by atoms with Gasteiger partial charge in [-0.3, -0.25) is 4.79 Å². The van der Waals surface area contributed by atoms with Crippen molar-refractivity contribution in [1.29, 1.82) is 0 Å². The van der Waals surface area contributed by atoms with E-state index in [1.54, 1.807) is 4.68 Å². The topological polar surface area (TPSA) is 94.0 Å². The lowest BCUT2D eigenvalue weighted by molar-refractivity contribution is -0.113. The van der Waals surface area contributed by atoms with E-state index < -0.39 is 6.04 Å². The molecule has 0 unspecified atom stereocenters. The number of anilines is 2. The molecule has 3 aromatic carbocycles. The molecule has 34 heavy (non-hydrogen) atoms. The zero-order valence-electron chi connectivity index (χ0n) is 18.9. The summed E-state index contributed by atoms with van der Waals surface area (Å²) in [6.45, 7) is 4.39. The van der Waals surface area contributed by atoms with Crippen LogP contribution in [0.1, 0.15) is 29.7 Å². The monoisotopic (exact) mass is 452 g/mol. The van der Waals surface area contributed by atoms with Crippen LogP contribution in [0, 0.1) is 6.92 Å². The largest absolute Gasteiger partial charge is 0.489 e. The molecule has 2 heterocycles. The molecule has 0 fully saturated rings. The van der Waals surface area contributed by atoms with E-state index in [-0.39, 0.29) is 5.91 Å². The molecule has 5 rings (SSSR count). The van der Waals surface area contributed by atoms with Crippen molar-refractivity contribution in [2.75, 3.05) is 10.6 Å². The minimum absolute atomic E-state index is 0.220. The Morgan fingerprint density at radius 3 is 2.47 bits per heavy atom. The van der Waals surface area contributed by atoms with Gasteiger partial charge in [0.25, 0.3) is 5.91 Å². The van der Waals surface area contributed by atoms with Gasteiger partial charge in [-0.2, -0.15) is 4.68 Å². The third-order valence-electron chi connectivity index (χ3n) is 5.71. The summed E-state index contributed by atoms with van der Waals surface area (Å²) in [5, 5.41) is 18.1. The molecule has 4 aromatic rings. The number of ether oxygens (including phenoxy) is 1. The van der Waals surface area contributed by atoms with E-state index in [4.69, 9.17) is 4.74 Å². The lowest BCUT2D eigenvalue weighted by Crippen LogP contribution is -2.31. The fourth-order valence-electron chi connectivity index (χ4n) is 3.93. The van der Waals surface area contributed by atoms with E-state index in [9.17, 15) is 4.79 Å². The molecule has 0 bridgehead atoms. The van der Waals surface area contributed by atoms with Gasteiger partial charge in [-0.15, -0.1) is 0 Å². The molecule has 1 aliphatic heterocycles.